The fourth-order valence-corrected chi connectivity index (χ4v) is 1.53. The van der Waals surface area contributed by atoms with Gasteiger partial charge in [-0.25, -0.2) is 0 Å². The third-order valence-electron chi connectivity index (χ3n) is 1.77. The van der Waals surface area contributed by atoms with Gasteiger partial charge in [0.05, 0.1) is 22.6 Å². The van der Waals surface area contributed by atoms with Crippen LogP contribution < -0.4 is 4.74 Å². The summed E-state index contributed by atoms with van der Waals surface area (Å²) < 4.78 is 5.35. The first kappa shape index (κ1) is 13.1. The summed E-state index contributed by atoms with van der Waals surface area (Å²) in [6.07, 6.45) is 0. The predicted octanol–water partition coefficient (Wildman–Crippen LogP) is 3.94. The zero-order chi connectivity index (χ0) is 12.3. The fraction of sp³-hybridized carbons (Fsp3) is 0.400. The normalized spacial score (nSPS) is 10.6. The molecule has 0 aliphatic rings. The highest BCUT2D eigenvalue weighted by atomic mass is 35.5. The summed E-state index contributed by atoms with van der Waals surface area (Å²) in [4.78, 5) is 10.1. The number of nitro groups is 1. The first-order valence-corrected chi connectivity index (χ1v) is 5.43. The summed E-state index contributed by atoms with van der Waals surface area (Å²) in [5.74, 6) is 0.595. The molecule has 0 saturated carbocycles. The standard InChI is InChI=1S/C10H11Cl2NO3/c1-6(2)5-16-10-4-9(13(14)15)7(11)3-8(10)12/h3-4,6H,5H2,1-2H3. The molecule has 1 rings (SSSR count). The minimum absolute atomic E-state index is 0.00639. The van der Waals surface area contributed by atoms with Gasteiger partial charge in [0.2, 0.25) is 0 Å². The maximum atomic E-state index is 10.6. The van der Waals surface area contributed by atoms with E-state index in [1.807, 2.05) is 13.8 Å². The van der Waals surface area contributed by atoms with Crippen LogP contribution in [-0.2, 0) is 0 Å². The summed E-state index contributed by atoms with van der Waals surface area (Å²) in [5.41, 5.74) is -0.204. The Hall–Kier alpha value is -1.000. The lowest BCUT2D eigenvalue weighted by Crippen LogP contribution is -2.05. The van der Waals surface area contributed by atoms with Crippen molar-refractivity contribution in [3.05, 3.63) is 32.3 Å². The highest BCUT2D eigenvalue weighted by Gasteiger charge is 2.17. The molecule has 0 aliphatic carbocycles. The van der Waals surface area contributed by atoms with Crippen molar-refractivity contribution in [2.45, 2.75) is 13.8 Å². The molecule has 0 aliphatic heterocycles. The van der Waals surface area contributed by atoms with Crippen LogP contribution in [0.2, 0.25) is 10.0 Å². The number of hydrogen-bond donors (Lipinski definition) is 0. The van der Waals surface area contributed by atoms with E-state index in [1.165, 1.54) is 12.1 Å². The Morgan fingerprint density at radius 1 is 1.38 bits per heavy atom. The van der Waals surface area contributed by atoms with Gasteiger partial charge in [0.1, 0.15) is 10.8 Å². The molecule has 0 spiro atoms. The van der Waals surface area contributed by atoms with Crippen molar-refractivity contribution < 1.29 is 9.66 Å². The molecule has 0 unspecified atom stereocenters. The second-order valence-corrected chi connectivity index (χ2v) is 4.51. The smallest absolute Gasteiger partial charge is 0.291 e. The molecular weight excluding hydrogens is 253 g/mol. The van der Waals surface area contributed by atoms with E-state index in [0.717, 1.165) is 0 Å². The zero-order valence-electron chi connectivity index (χ0n) is 8.87. The zero-order valence-corrected chi connectivity index (χ0v) is 10.4. The molecule has 0 atom stereocenters. The fourth-order valence-electron chi connectivity index (χ4n) is 1.03. The lowest BCUT2D eigenvalue weighted by Gasteiger charge is -2.10. The van der Waals surface area contributed by atoms with Crippen LogP contribution >= 0.6 is 23.2 Å². The largest absolute Gasteiger partial charge is 0.491 e. The topological polar surface area (TPSA) is 52.4 Å². The van der Waals surface area contributed by atoms with E-state index in [0.29, 0.717) is 12.5 Å². The molecule has 1 aromatic rings. The minimum Gasteiger partial charge on any atom is -0.491 e. The highest BCUT2D eigenvalue weighted by Crippen LogP contribution is 2.35. The molecule has 0 amide bonds. The quantitative estimate of drug-likeness (QED) is 0.611. The van der Waals surface area contributed by atoms with Crippen molar-refractivity contribution in [3.63, 3.8) is 0 Å². The molecule has 0 aromatic heterocycles. The van der Waals surface area contributed by atoms with Crippen LogP contribution in [0.1, 0.15) is 13.8 Å². The maximum Gasteiger partial charge on any atom is 0.291 e. The van der Waals surface area contributed by atoms with Crippen molar-refractivity contribution in [2.24, 2.45) is 5.92 Å². The maximum absolute atomic E-state index is 10.6. The van der Waals surface area contributed by atoms with Gasteiger partial charge in [-0.1, -0.05) is 37.0 Å². The number of nitrogens with zero attached hydrogens (tertiary/aromatic N) is 1. The molecular formula is C10H11Cl2NO3. The highest BCUT2D eigenvalue weighted by molar-refractivity contribution is 6.36. The predicted molar refractivity (Wildman–Crippen MR) is 63.4 cm³/mol. The number of nitro benzene ring substituents is 1. The van der Waals surface area contributed by atoms with Gasteiger partial charge in [0, 0.05) is 0 Å². The van der Waals surface area contributed by atoms with Crippen LogP contribution in [0.3, 0.4) is 0 Å². The van der Waals surface area contributed by atoms with Gasteiger partial charge in [-0.3, -0.25) is 10.1 Å². The van der Waals surface area contributed by atoms with Crippen molar-refractivity contribution in [1.29, 1.82) is 0 Å². The van der Waals surface area contributed by atoms with E-state index in [9.17, 15) is 10.1 Å². The molecule has 0 fully saturated rings. The number of benzene rings is 1. The van der Waals surface area contributed by atoms with Gasteiger partial charge >= 0.3 is 0 Å². The van der Waals surface area contributed by atoms with E-state index in [2.05, 4.69) is 0 Å². The van der Waals surface area contributed by atoms with E-state index in [4.69, 9.17) is 27.9 Å². The summed E-state index contributed by atoms with van der Waals surface area (Å²) in [5, 5.41) is 10.9. The van der Waals surface area contributed by atoms with Crippen molar-refractivity contribution in [3.8, 4) is 5.75 Å². The molecule has 16 heavy (non-hydrogen) atoms. The third kappa shape index (κ3) is 3.25. The first-order chi connectivity index (χ1) is 7.41. The van der Waals surface area contributed by atoms with Crippen LogP contribution in [-0.4, -0.2) is 11.5 Å². The monoisotopic (exact) mass is 263 g/mol. The lowest BCUT2D eigenvalue weighted by atomic mass is 10.2. The van der Waals surface area contributed by atoms with Crippen LogP contribution in [0.25, 0.3) is 0 Å². The summed E-state index contributed by atoms with van der Waals surface area (Å²) in [7, 11) is 0. The Morgan fingerprint density at radius 2 is 2.00 bits per heavy atom. The third-order valence-corrected chi connectivity index (χ3v) is 2.37. The summed E-state index contributed by atoms with van der Waals surface area (Å²) in [6.45, 7) is 4.38. The van der Waals surface area contributed by atoms with E-state index < -0.39 is 4.92 Å². The Kier molecular flexibility index (Phi) is 4.38. The summed E-state index contributed by atoms with van der Waals surface area (Å²) >= 11 is 11.5. The molecule has 0 heterocycles. The first-order valence-electron chi connectivity index (χ1n) is 4.68. The lowest BCUT2D eigenvalue weighted by molar-refractivity contribution is -0.384. The molecule has 4 nitrogen and oxygen atoms in total. The van der Waals surface area contributed by atoms with Gasteiger partial charge in [0.15, 0.2) is 0 Å². The average Bonchev–Trinajstić information content (AvgIpc) is 2.15. The van der Waals surface area contributed by atoms with E-state index >= 15 is 0 Å². The van der Waals surface area contributed by atoms with Crippen molar-refractivity contribution in [1.82, 2.24) is 0 Å². The second kappa shape index (κ2) is 5.37. The van der Waals surface area contributed by atoms with Crippen LogP contribution in [0.15, 0.2) is 12.1 Å². The Balaban J connectivity index is 3.00. The molecule has 0 saturated heterocycles. The Labute approximate surface area is 103 Å². The molecule has 6 heteroatoms. The number of halogens is 2. The van der Waals surface area contributed by atoms with E-state index in [1.54, 1.807) is 0 Å². The van der Waals surface area contributed by atoms with E-state index in [-0.39, 0.29) is 21.5 Å². The van der Waals surface area contributed by atoms with Gasteiger partial charge in [-0.15, -0.1) is 0 Å². The second-order valence-electron chi connectivity index (χ2n) is 3.70. The van der Waals surface area contributed by atoms with Crippen LogP contribution in [0.4, 0.5) is 5.69 Å². The van der Waals surface area contributed by atoms with Crippen molar-refractivity contribution >= 4 is 28.9 Å². The number of hydrogen-bond acceptors (Lipinski definition) is 3. The van der Waals surface area contributed by atoms with Gasteiger partial charge in [-0.05, 0) is 12.0 Å². The molecule has 1 aromatic carbocycles. The Bertz CT molecular complexity index is 407. The molecule has 0 bridgehead atoms. The molecule has 0 radical (unpaired) electrons. The number of ether oxygens (including phenoxy) is 1. The average molecular weight is 264 g/mol. The van der Waals surface area contributed by atoms with Crippen molar-refractivity contribution in [2.75, 3.05) is 6.61 Å². The Morgan fingerprint density at radius 3 is 2.50 bits per heavy atom. The van der Waals surface area contributed by atoms with Crippen LogP contribution in [0.5, 0.6) is 5.75 Å². The molecule has 88 valence electrons. The molecule has 0 N–H and O–H groups in total. The summed E-state index contributed by atoms with van der Waals surface area (Å²) in [6, 6.07) is 2.56. The van der Waals surface area contributed by atoms with Crippen LogP contribution in [0, 0.1) is 16.0 Å². The SMILES string of the molecule is CC(C)COc1cc([N+](=O)[O-])c(Cl)cc1Cl. The number of rotatable bonds is 4. The van der Waals surface area contributed by atoms with Gasteiger partial charge < -0.3 is 4.74 Å². The van der Waals surface area contributed by atoms with Gasteiger partial charge in [-0.2, -0.15) is 0 Å². The minimum atomic E-state index is -0.569. The van der Waals surface area contributed by atoms with Gasteiger partial charge in [0.25, 0.3) is 5.69 Å².